The zero-order valence-corrected chi connectivity index (χ0v) is 12.2. The first-order valence-electron chi connectivity index (χ1n) is 5.61. The molecule has 2 aromatic rings. The van der Waals surface area contributed by atoms with Gasteiger partial charge in [0.1, 0.15) is 17.1 Å². The van der Waals surface area contributed by atoms with Crippen LogP contribution in [0.4, 0.5) is 0 Å². The highest BCUT2D eigenvalue weighted by Gasteiger charge is 2.11. The topological polar surface area (TPSA) is 44.1 Å². The summed E-state index contributed by atoms with van der Waals surface area (Å²) >= 11 is 10.1. The van der Waals surface area contributed by atoms with Crippen LogP contribution in [0.5, 0.6) is 5.75 Å². The average molecular weight is 297 g/mol. The molecule has 0 bridgehead atoms. The monoisotopic (exact) mass is 296 g/mol. The number of rotatable bonds is 3. The molecule has 0 saturated heterocycles. The smallest absolute Gasteiger partial charge is 0.204 e. The molecule has 4 nitrogen and oxygen atoms in total. The Balaban J connectivity index is 2.71. The molecule has 0 aliphatic carbocycles. The minimum Gasteiger partial charge on any atom is -0.494 e. The summed E-state index contributed by atoms with van der Waals surface area (Å²) in [7, 11) is 1.57. The number of thiol groups is 1. The van der Waals surface area contributed by atoms with Gasteiger partial charge in [0, 0.05) is 22.5 Å². The minimum absolute atomic E-state index is 0.121. The number of ether oxygens (including phenoxy) is 1. The van der Waals surface area contributed by atoms with Gasteiger partial charge in [0.15, 0.2) is 0 Å². The van der Waals surface area contributed by atoms with E-state index in [2.05, 4.69) is 17.7 Å². The zero-order chi connectivity index (χ0) is 14.0. The Bertz CT molecular complexity index is 670. The van der Waals surface area contributed by atoms with E-state index in [4.69, 9.17) is 16.3 Å². The van der Waals surface area contributed by atoms with Crippen molar-refractivity contribution in [3.05, 3.63) is 50.9 Å². The van der Waals surface area contributed by atoms with Gasteiger partial charge in [-0.25, -0.2) is 4.68 Å². The molecule has 1 aromatic carbocycles. The molecule has 100 valence electrons. The van der Waals surface area contributed by atoms with E-state index in [0.29, 0.717) is 27.8 Å². The van der Waals surface area contributed by atoms with Crippen molar-refractivity contribution in [1.82, 2.24) is 9.78 Å². The third-order valence-corrected chi connectivity index (χ3v) is 3.23. The van der Waals surface area contributed by atoms with Crippen LogP contribution >= 0.6 is 24.2 Å². The number of benzene rings is 1. The highest BCUT2D eigenvalue weighted by Crippen LogP contribution is 2.26. The Labute approximate surface area is 121 Å². The molecule has 1 aromatic heterocycles. The maximum Gasteiger partial charge on any atom is 0.204 e. The first-order chi connectivity index (χ1) is 9.06. The molecule has 0 radical (unpaired) electrons. The Morgan fingerprint density at radius 1 is 1.42 bits per heavy atom. The van der Waals surface area contributed by atoms with Gasteiger partial charge in [-0.15, -0.1) is 0 Å². The molecule has 0 atom stereocenters. The van der Waals surface area contributed by atoms with Gasteiger partial charge in [-0.2, -0.15) is 17.7 Å². The summed E-state index contributed by atoms with van der Waals surface area (Å²) in [5.74, 6) is 0.913. The average Bonchev–Trinajstić information content (AvgIpc) is 2.39. The Hall–Kier alpha value is -1.46. The van der Waals surface area contributed by atoms with E-state index in [9.17, 15) is 4.79 Å². The second-order valence-corrected chi connectivity index (χ2v) is 4.74. The number of aromatic nitrogens is 2. The van der Waals surface area contributed by atoms with E-state index >= 15 is 0 Å². The summed E-state index contributed by atoms with van der Waals surface area (Å²) in [4.78, 5) is 11.7. The largest absolute Gasteiger partial charge is 0.494 e. The molecule has 0 N–H and O–H groups in total. The molecule has 0 saturated carbocycles. The summed E-state index contributed by atoms with van der Waals surface area (Å²) in [5.41, 5.74) is 1.66. The fourth-order valence-corrected chi connectivity index (χ4v) is 2.15. The standard InChI is InChI=1S/C13H13ClN2O2S/c1-8-5-12(17)10(7-19)15-16(8)11-6-9(14)3-4-13(11)18-2/h3-6,19H,7H2,1-2H3. The number of methoxy groups -OCH3 is 1. The molecule has 1 heterocycles. The van der Waals surface area contributed by atoms with Crippen molar-refractivity contribution in [3.63, 3.8) is 0 Å². The first-order valence-corrected chi connectivity index (χ1v) is 6.62. The normalized spacial score (nSPS) is 10.5. The second-order valence-electron chi connectivity index (χ2n) is 3.98. The van der Waals surface area contributed by atoms with Crippen molar-refractivity contribution in [2.75, 3.05) is 7.11 Å². The molecule has 2 rings (SSSR count). The van der Waals surface area contributed by atoms with Crippen molar-refractivity contribution in [2.45, 2.75) is 12.7 Å². The molecular weight excluding hydrogens is 284 g/mol. The van der Waals surface area contributed by atoms with Crippen LogP contribution in [0.3, 0.4) is 0 Å². The summed E-state index contributed by atoms with van der Waals surface area (Å²) < 4.78 is 6.93. The molecule has 0 spiro atoms. The number of hydrogen-bond donors (Lipinski definition) is 1. The number of nitrogens with zero attached hydrogens (tertiary/aromatic N) is 2. The maximum absolute atomic E-state index is 11.7. The first kappa shape index (κ1) is 14.0. The van der Waals surface area contributed by atoms with Crippen LogP contribution in [0.15, 0.2) is 29.1 Å². The molecule has 0 aliphatic rings. The van der Waals surface area contributed by atoms with Gasteiger partial charge in [0.25, 0.3) is 0 Å². The van der Waals surface area contributed by atoms with Crippen molar-refractivity contribution >= 4 is 24.2 Å². The SMILES string of the molecule is COc1ccc(Cl)cc1-n1nc(CS)c(=O)cc1C. The molecule has 0 fully saturated rings. The zero-order valence-electron chi connectivity index (χ0n) is 10.6. The van der Waals surface area contributed by atoms with Crippen molar-refractivity contribution < 1.29 is 4.74 Å². The highest BCUT2D eigenvalue weighted by molar-refractivity contribution is 7.79. The maximum atomic E-state index is 11.7. The third-order valence-electron chi connectivity index (χ3n) is 2.70. The van der Waals surface area contributed by atoms with Gasteiger partial charge in [-0.3, -0.25) is 4.79 Å². The van der Waals surface area contributed by atoms with E-state index in [0.717, 1.165) is 0 Å². The number of halogens is 1. The van der Waals surface area contributed by atoms with E-state index in [1.165, 1.54) is 6.07 Å². The minimum atomic E-state index is -0.121. The van der Waals surface area contributed by atoms with E-state index in [-0.39, 0.29) is 11.2 Å². The van der Waals surface area contributed by atoms with Crippen LogP contribution in [0, 0.1) is 6.92 Å². The fourth-order valence-electron chi connectivity index (χ4n) is 1.77. The number of hydrogen-bond acceptors (Lipinski definition) is 4. The lowest BCUT2D eigenvalue weighted by Gasteiger charge is -2.14. The summed E-state index contributed by atoms with van der Waals surface area (Å²) in [6.45, 7) is 1.80. The predicted octanol–water partition coefficient (Wildman–Crippen LogP) is 2.63. The Kier molecular flexibility index (Phi) is 4.17. The predicted molar refractivity (Wildman–Crippen MR) is 78.8 cm³/mol. The van der Waals surface area contributed by atoms with Gasteiger partial charge in [-0.1, -0.05) is 11.6 Å². The molecule has 0 amide bonds. The Morgan fingerprint density at radius 3 is 2.79 bits per heavy atom. The lowest BCUT2D eigenvalue weighted by Crippen LogP contribution is -2.18. The fraction of sp³-hybridized carbons (Fsp3) is 0.231. The lowest BCUT2D eigenvalue weighted by molar-refractivity contribution is 0.411. The van der Waals surface area contributed by atoms with Gasteiger partial charge in [0.05, 0.1) is 7.11 Å². The van der Waals surface area contributed by atoms with Crippen LogP contribution < -0.4 is 10.2 Å². The van der Waals surface area contributed by atoms with Crippen molar-refractivity contribution in [3.8, 4) is 11.4 Å². The van der Waals surface area contributed by atoms with Crippen LogP contribution in [0.2, 0.25) is 5.02 Å². The second kappa shape index (κ2) is 5.67. The van der Waals surface area contributed by atoms with Crippen LogP contribution in [0.25, 0.3) is 5.69 Å². The summed E-state index contributed by atoms with van der Waals surface area (Å²) in [5, 5.41) is 4.87. The summed E-state index contributed by atoms with van der Waals surface area (Å²) in [6.07, 6.45) is 0. The van der Waals surface area contributed by atoms with E-state index in [1.807, 2.05) is 0 Å². The molecule has 6 heteroatoms. The van der Waals surface area contributed by atoms with Gasteiger partial charge in [-0.05, 0) is 25.1 Å². The molecule has 0 aliphatic heterocycles. The van der Waals surface area contributed by atoms with Crippen molar-refractivity contribution in [2.24, 2.45) is 0 Å². The van der Waals surface area contributed by atoms with Crippen LogP contribution in [0.1, 0.15) is 11.4 Å². The van der Waals surface area contributed by atoms with Crippen LogP contribution in [-0.2, 0) is 5.75 Å². The Morgan fingerprint density at radius 2 is 2.16 bits per heavy atom. The van der Waals surface area contributed by atoms with E-state index in [1.54, 1.807) is 36.9 Å². The van der Waals surface area contributed by atoms with Gasteiger partial charge in [0.2, 0.25) is 5.43 Å². The molecule has 0 unspecified atom stereocenters. The van der Waals surface area contributed by atoms with Crippen molar-refractivity contribution in [1.29, 1.82) is 0 Å². The third kappa shape index (κ3) is 2.77. The summed E-state index contributed by atoms with van der Waals surface area (Å²) in [6, 6.07) is 6.77. The lowest BCUT2D eigenvalue weighted by atomic mass is 10.2. The number of aryl methyl sites for hydroxylation is 1. The quantitative estimate of drug-likeness (QED) is 0.886. The van der Waals surface area contributed by atoms with Gasteiger partial charge >= 0.3 is 0 Å². The molecule has 19 heavy (non-hydrogen) atoms. The van der Waals surface area contributed by atoms with E-state index < -0.39 is 0 Å². The van der Waals surface area contributed by atoms with Gasteiger partial charge < -0.3 is 4.74 Å². The highest BCUT2D eigenvalue weighted by atomic mass is 35.5. The van der Waals surface area contributed by atoms with Crippen LogP contribution in [-0.4, -0.2) is 16.9 Å². The molecular formula is C13H13ClN2O2S.